The number of amides is 1. The van der Waals surface area contributed by atoms with Gasteiger partial charge in [0.15, 0.2) is 0 Å². The summed E-state index contributed by atoms with van der Waals surface area (Å²) in [5.41, 5.74) is 5.69. The molecule has 1 amide bonds. The number of carbonyl (C=O) groups excluding carboxylic acids is 1. The van der Waals surface area contributed by atoms with Gasteiger partial charge in [-0.25, -0.2) is 4.79 Å². The Balaban J connectivity index is 2.41. The van der Waals surface area contributed by atoms with Crippen molar-refractivity contribution in [2.45, 2.75) is 39.5 Å². The third kappa shape index (κ3) is 4.70. The van der Waals surface area contributed by atoms with Crippen molar-refractivity contribution in [3.8, 4) is 0 Å². The molecule has 0 saturated carbocycles. The van der Waals surface area contributed by atoms with Crippen LogP contribution in [-0.4, -0.2) is 45.2 Å². The van der Waals surface area contributed by atoms with Crippen LogP contribution in [0, 0.1) is 0 Å². The average Bonchev–Trinajstić information content (AvgIpc) is 2.71. The second kappa shape index (κ2) is 5.81. The van der Waals surface area contributed by atoms with Crippen molar-refractivity contribution in [1.29, 1.82) is 0 Å². The first-order chi connectivity index (χ1) is 8.31. The van der Waals surface area contributed by atoms with Gasteiger partial charge >= 0.3 is 6.09 Å². The van der Waals surface area contributed by atoms with E-state index in [-0.39, 0.29) is 6.09 Å². The summed E-state index contributed by atoms with van der Waals surface area (Å²) in [4.78, 5) is 13.2. The van der Waals surface area contributed by atoms with E-state index >= 15 is 0 Å². The summed E-state index contributed by atoms with van der Waals surface area (Å²) in [5, 5.41) is 7.77. The molecule has 18 heavy (non-hydrogen) atoms. The van der Waals surface area contributed by atoms with Crippen LogP contribution < -0.4 is 5.73 Å². The van der Waals surface area contributed by atoms with Crippen molar-refractivity contribution < 1.29 is 9.53 Å². The maximum atomic E-state index is 11.7. The third-order valence-corrected chi connectivity index (χ3v) is 2.16. The highest BCUT2D eigenvalue weighted by atomic mass is 16.6. The van der Waals surface area contributed by atoms with Crippen molar-refractivity contribution in [2.24, 2.45) is 5.73 Å². The fourth-order valence-electron chi connectivity index (χ4n) is 1.22. The molecule has 0 aromatic carbocycles. The molecular weight excluding hydrogens is 234 g/mol. The molecule has 0 spiro atoms. The topological polar surface area (TPSA) is 86.3 Å². The normalized spacial score (nSPS) is 11.4. The zero-order valence-corrected chi connectivity index (χ0v) is 11.4. The zero-order valence-electron chi connectivity index (χ0n) is 11.4. The molecule has 102 valence electrons. The van der Waals surface area contributed by atoms with Crippen LogP contribution in [0.25, 0.3) is 0 Å². The molecule has 0 fully saturated rings. The Morgan fingerprint density at radius 3 is 2.72 bits per heavy atom. The smallest absolute Gasteiger partial charge is 0.410 e. The van der Waals surface area contributed by atoms with E-state index in [2.05, 4.69) is 10.3 Å². The predicted molar refractivity (Wildman–Crippen MR) is 66.8 cm³/mol. The zero-order chi connectivity index (χ0) is 13.8. The molecule has 1 rings (SSSR count). The van der Waals surface area contributed by atoms with Gasteiger partial charge in [0.2, 0.25) is 0 Å². The molecular formula is C11H21N5O2. The van der Waals surface area contributed by atoms with E-state index in [1.54, 1.807) is 17.9 Å². The molecule has 2 N–H and O–H groups in total. The second-order valence-corrected chi connectivity index (χ2v) is 5.08. The molecule has 0 aliphatic rings. The lowest BCUT2D eigenvalue weighted by Crippen LogP contribution is -2.36. The summed E-state index contributed by atoms with van der Waals surface area (Å²) in [6.45, 7) is 6.93. The summed E-state index contributed by atoms with van der Waals surface area (Å²) >= 11 is 0. The van der Waals surface area contributed by atoms with Crippen molar-refractivity contribution in [2.75, 3.05) is 13.6 Å². The molecule has 1 heterocycles. The summed E-state index contributed by atoms with van der Waals surface area (Å²) in [5.74, 6) is 0. The SMILES string of the molecule is CN(CCn1cc(CN)nn1)C(=O)OC(C)(C)C. The largest absolute Gasteiger partial charge is 0.444 e. The van der Waals surface area contributed by atoms with Crippen molar-refractivity contribution >= 4 is 6.09 Å². The van der Waals surface area contributed by atoms with Crippen LogP contribution in [0.5, 0.6) is 0 Å². The van der Waals surface area contributed by atoms with E-state index in [0.29, 0.717) is 19.6 Å². The number of nitrogens with zero attached hydrogens (tertiary/aromatic N) is 4. The van der Waals surface area contributed by atoms with Gasteiger partial charge in [-0.3, -0.25) is 4.68 Å². The minimum atomic E-state index is -0.481. The van der Waals surface area contributed by atoms with Gasteiger partial charge in [0.05, 0.1) is 12.2 Å². The molecule has 1 aromatic rings. The number of nitrogens with two attached hydrogens (primary N) is 1. The lowest BCUT2D eigenvalue weighted by atomic mass is 10.2. The quantitative estimate of drug-likeness (QED) is 0.851. The van der Waals surface area contributed by atoms with Crippen molar-refractivity contribution in [3.63, 3.8) is 0 Å². The molecule has 0 atom stereocenters. The average molecular weight is 255 g/mol. The minimum absolute atomic E-state index is 0.346. The maximum absolute atomic E-state index is 11.7. The van der Waals surface area contributed by atoms with Crippen LogP contribution in [0.4, 0.5) is 4.79 Å². The number of carbonyl (C=O) groups is 1. The lowest BCUT2D eigenvalue weighted by molar-refractivity contribution is 0.0292. The Kier molecular flexibility index (Phi) is 4.66. The van der Waals surface area contributed by atoms with Crippen LogP contribution >= 0.6 is 0 Å². The Morgan fingerprint density at radius 2 is 2.22 bits per heavy atom. The van der Waals surface area contributed by atoms with Crippen molar-refractivity contribution in [3.05, 3.63) is 11.9 Å². The molecule has 1 aromatic heterocycles. The highest BCUT2D eigenvalue weighted by Gasteiger charge is 2.19. The Bertz CT molecular complexity index is 396. The molecule has 7 nitrogen and oxygen atoms in total. The number of rotatable bonds is 4. The molecule has 0 bridgehead atoms. The van der Waals surface area contributed by atoms with Crippen LogP contribution in [-0.2, 0) is 17.8 Å². The van der Waals surface area contributed by atoms with Gasteiger partial charge in [0.25, 0.3) is 0 Å². The van der Waals surface area contributed by atoms with Gasteiger partial charge in [0.1, 0.15) is 5.60 Å². The predicted octanol–water partition coefficient (Wildman–Crippen LogP) is 0.604. The summed E-state index contributed by atoms with van der Waals surface area (Å²) in [6, 6.07) is 0. The first-order valence-corrected chi connectivity index (χ1v) is 5.85. The van der Waals surface area contributed by atoms with E-state index in [4.69, 9.17) is 10.5 Å². The number of ether oxygens (including phenoxy) is 1. The van der Waals surface area contributed by atoms with Gasteiger partial charge in [-0.05, 0) is 20.8 Å². The van der Waals surface area contributed by atoms with Gasteiger partial charge in [0, 0.05) is 26.3 Å². The van der Waals surface area contributed by atoms with Crippen LogP contribution in [0.3, 0.4) is 0 Å². The molecule has 0 saturated heterocycles. The fourth-order valence-corrected chi connectivity index (χ4v) is 1.22. The molecule has 7 heteroatoms. The van der Waals surface area contributed by atoms with Gasteiger partial charge < -0.3 is 15.4 Å². The summed E-state index contributed by atoms with van der Waals surface area (Å²) in [6.07, 6.45) is 1.42. The fraction of sp³-hybridized carbons (Fsp3) is 0.727. The van der Waals surface area contributed by atoms with Crippen LogP contribution in [0.1, 0.15) is 26.5 Å². The van der Waals surface area contributed by atoms with Gasteiger partial charge in [-0.15, -0.1) is 5.10 Å². The molecule has 0 radical (unpaired) electrons. The monoisotopic (exact) mass is 255 g/mol. The molecule has 0 aliphatic heterocycles. The summed E-state index contributed by atoms with van der Waals surface area (Å²) in [7, 11) is 1.69. The number of hydrogen-bond acceptors (Lipinski definition) is 5. The van der Waals surface area contributed by atoms with E-state index in [9.17, 15) is 4.79 Å². The Hall–Kier alpha value is -1.63. The number of likely N-dealkylation sites (N-methyl/N-ethyl adjacent to an activating group) is 1. The summed E-state index contributed by atoms with van der Waals surface area (Å²) < 4.78 is 6.89. The highest BCUT2D eigenvalue weighted by molar-refractivity contribution is 5.67. The first kappa shape index (κ1) is 14.4. The van der Waals surface area contributed by atoms with Gasteiger partial charge in [-0.2, -0.15) is 0 Å². The number of hydrogen-bond donors (Lipinski definition) is 1. The lowest BCUT2D eigenvalue weighted by Gasteiger charge is -2.24. The Labute approximate surface area is 107 Å². The van der Waals surface area contributed by atoms with Crippen LogP contribution in [0.15, 0.2) is 6.20 Å². The molecule has 0 aliphatic carbocycles. The Morgan fingerprint density at radius 1 is 1.56 bits per heavy atom. The van der Waals surface area contributed by atoms with Crippen LogP contribution in [0.2, 0.25) is 0 Å². The molecule has 0 unspecified atom stereocenters. The van der Waals surface area contributed by atoms with Crippen molar-refractivity contribution in [1.82, 2.24) is 19.9 Å². The van der Waals surface area contributed by atoms with E-state index in [1.807, 2.05) is 20.8 Å². The first-order valence-electron chi connectivity index (χ1n) is 5.85. The third-order valence-electron chi connectivity index (χ3n) is 2.16. The standard InChI is InChI=1S/C11H21N5O2/c1-11(2,3)18-10(17)15(4)5-6-16-8-9(7-12)13-14-16/h8H,5-7,12H2,1-4H3. The van der Waals surface area contributed by atoms with Gasteiger partial charge in [-0.1, -0.05) is 5.21 Å². The van der Waals surface area contributed by atoms with E-state index < -0.39 is 5.60 Å². The highest BCUT2D eigenvalue weighted by Crippen LogP contribution is 2.08. The maximum Gasteiger partial charge on any atom is 0.410 e. The number of aromatic nitrogens is 3. The van der Waals surface area contributed by atoms with E-state index in [1.165, 1.54) is 4.90 Å². The minimum Gasteiger partial charge on any atom is -0.444 e. The van der Waals surface area contributed by atoms with E-state index in [0.717, 1.165) is 5.69 Å². The second-order valence-electron chi connectivity index (χ2n) is 5.08.